The molecule has 0 fully saturated rings. The molecule has 0 bridgehead atoms. The molecule has 3 rings (SSSR count). The number of aromatic amines is 1. The van der Waals surface area contributed by atoms with Crippen LogP contribution in [0.4, 0.5) is 16.0 Å². The highest BCUT2D eigenvalue weighted by atomic mass is 19.1. The molecule has 6 nitrogen and oxygen atoms in total. The number of nitrogens with zero attached hydrogens (tertiary/aromatic N) is 3. The Labute approximate surface area is 106 Å². The fourth-order valence-corrected chi connectivity index (χ4v) is 1.79. The van der Waals surface area contributed by atoms with E-state index >= 15 is 0 Å². The van der Waals surface area contributed by atoms with Crippen LogP contribution in [0.25, 0.3) is 5.65 Å². The van der Waals surface area contributed by atoms with Crippen LogP contribution in [-0.2, 0) is 0 Å². The van der Waals surface area contributed by atoms with Crippen LogP contribution in [0.5, 0.6) is 0 Å². The van der Waals surface area contributed by atoms with Gasteiger partial charge in [-0.1, -0.05) is 0 Å². The van der Waals surface area contributed by atoms with Gasteiger partial charge in [-0.2, -0.15) is 5.10 Å². The molecule has 19 heavy (non-hydrogen) atoms. The molecule has 2 aromatic heterocycles. The second-order valence-electron chi connectivity index (χ2n) is 4.08. The average Bonchev–Trinajstić information content (AvgIpc) is 2.74. The van der Waals surface area contributed by atoms with E-state index < -0.39 is 0 Å². The molecule has 0 amide bonds. The van der Waals surface area contributed by atoms with Gasteiger partial charge in [-0.3, -0.25) is 0 Å². The molecular formula is C12H10FN5O. The first kappa shape index (κ1) is 11.4. The lowest BCUT2D eigenvalue weighted by molar-refractivity contribution is 0.628. The second-order valence-corrected chi connectivity index (χ2v) is 4.08. The minimum atomic E-state index is -0.382. The Kier molecular flexibility index (Phi) is 2.52. The number of aryl methyl sites for hydroxylation is 1. The molecule has 3 aromatic rings. The summed E-state index contributed by atoms with van der Waals surface area (Å²) in [5.41, 5.74) is 1.44. The summed E-state index contributed by atoms with van der Waals surface area (Å²) in [6.45, 7) is 1.80. The zero-order chi connectivity index (χ0) is 13.4. The Morgan fingerprint density at radius 1 is 1.32 bits per heavy atom. The van der Waals surface area contributed by atoms with E-state index in [1.54, 1.807) is 25.1 Å². The summed E-state index contributed by atoms with van der Waals surface area (Å²) >= 11 is 0. The number of benzene rings is 1. The van der Waals surface area contributed by atoms with Crippen LogP contribution in [-0.4, -0.2) is 19.6 Å². The number of nitrogens with one attached hydrogen (secondary N) is 2. The number of hydrogen-bond acceptors (Lipinski definition) is 4. The molecule has 0 saturated heterocycles. The number of anilines is 2. The van der Waals surface area contributed by atoms with Crippen molar-refractivity contribution in [2.75, 3.05) is 5.32 Å². The number of H-pyrrole nitrogens is 1. The maximum absolute atomic E-state index is 12.8. The first-order chi connectivity index (χ1) is 9.13. The van der Waals surface area contributed by atoms with E-state index in [0.717, 1.165) is 5.69 Å². The van der Waals surface area contributed by atoms with Gasteiger partial charge in [0.2, 0.25) is 5.95 Å². The summed E-state index contributed by atoms with van der Waals surface area (Å²) in [7, 11) is 0. The number of hydrogen-bond donors (Lipinski definition) is 2. The number of rotatable bonds is 2. The van der Waals surface area contributed by atoms with Crippen LogP contribution >= 0.6 is 0 Å². The first-order valence-electron chi connectivity index (χ1n) is 5.61. The molecule has 0 radical (unpaired) electrons. The molecule has 0 spiro atoms. The third kappa shape index (κ3) is 2.05. The van der Waals surface area contributed by atoms with Gasteiger partial charge in [0.05, 0.1) is 0 Å². The Balaban J connectivity index is 2.11. The number of aromatic nitrogens is 4. The van der Waals surface area contributed by atoms with E-state index in [1.807, 2.05) is 0 Å². The van der Waals surface area contributed by atoms with Crippen molar-refractivity contribution in [1.82, 2.24) is 19.6 Å². The molecule has 96 valence electrons. The van der Waals surface area contributed by atoms with Gasteiger partial charge in [0.15, 0.2) is 5.65 Å². The Bertz CT molecular complexity index is 790. The van der Waals surface area contributed by atoms with Crippen molar-refractivity contribution in [3.8, 4) is 0 Å². The summed E-state index contributed by atoms with van der Waals surface area (Å²) in [6, 6.07) is 7.47. The Morgan fingerprint density at radius 2 is 2.05 bits per heavy atom. The molecule has 1 aromatic carbocycles. The van der Waals surface area contributed by atoms with Crippen LogP contribution in [0.3, 0.4) is 0 Å². The van der Waals surface area contributed by atoms with Gasteiger partial charge < -0.3 is 5.32 Å². The van der Waals surface area contributed by atoms with E-state index in [4.69, 9.17) is 0 Å². The van der Waals surface area contributed by atoms with Crippen LogP contribution in [0.2, 0.25) is 0 Å². The summed E-state index contributed by atoms with van der Waals surface area (Å²) in [4.78, 5) is 15.9. The van der Waals surface area contributed by atoms with Gasteiger partial charge in [-0.15, -0.1) is 0 Å². The predicted octanol–water partition coefficient (Wildman–Crippen LogP) is 1.61. The second kappa shape index (κ2) is 4.20. The van der Waals surface area contributed by atoms with Gasteiger partial charge in [0.1, 0.15) is 5.82 Å². The smallest absolute Gasteiger partial charge is 0.325 e. The molecule has 0 aliphatic carbocycles. The SMILES string of the molecule is Cc1cc2n[nH]c(=O)n2c(Nc2ccc(F)cc2)n1. The summed E-state index contributed by atoms with van der Waals surface area (Å²) in [6.07, 6.45) is 0. The largest absolute Gasteiger partial charge is 0.350 e. The molecule has 0 unspecified atom stereocenters. The van der Waals surface area contributed by atoms with Gasteiger partial charge >= 0.3 is 5.69 Å². The molecule has 0 aliphatic rings. The first-order valence-corrected chi connectivity index (χ1v) is 5.61. The minimum Gasteiger partial charge on any atom is -0.325 e. The topological polar surface area (TPSA) is 75.1 Å². The van der Waals surface area contributed by atoms with Crippen molar-refractivity contribution in [3.63, 3.8) is 0 Å². The maximum Gasteiger partial charge on any atom is 0.350 e. The zero-order valence-corrected chi connectivity index (χ0v) is 10.0. The van der Waals surface area contributed by atoms with Crippen LogP contribution < -0.4 is 11.0 Å². The lowest BCUT2D eigenvalue weighted by atomic mass is 10.3. The van der Waals surface area contributed by atoms with E-state index in [1.165, 1.54) is 16.5 Å². The highest BCUT2D eigenvalue weighted by molar-refractivity contribution is 5.56. The van der Waals surface area contributed by atoms with Crippen molar-refractivity contribution in [2.24, 2.45) is 0 Å². The molecule has 2 heterocycles. The van der Waals surface area contributed by atoms with Gasteiger partial charge in [0.25, 0.3) is 0 Å². The van der Waals surface area contributed by atoms with Crippen molar-refractivity contribution < 1.29 is 4.39 Å². The predicted molar refractivity (Wildman–Crippen MR) is 68.0 cm³/mol. The van der Waals surface area contributed by atoms with Crippen molar-refractivity contribution >= 4 is 17.3 Å². The summed E-state index contributed by atoms with van der Waals surface area (Å²) < 4.78 is 14.2. The fourth-order valence-electron chi connectivity index (χ4n) is 1.79. The summed E-state index contributed by atoms with van der Waals surface area (Å²) in [5, 5.41) is 9.20. The zero-order valence-electron chi connectivity index (χ0n) is 10.0. The van der Waals surface area contributed by atoms with Gasteiger partial charge in [-0.25, -0.2) is 23.7 Å². The maximum atomic E-state index is 12.8. The third-order valence-corrected chi connectivity index (χ3v) is 2.63. The normalized spacial score (nSPS) is 10.8. The van der Waals surface area contributed by atoms with Crippen molar-refractivity contribution in [1.29, 1.82) is 0 Å². The monoisotopic (exact) mass is 259 g/mol. The highest BCUT2D eigenvalue weighted by Crippen LogP contribution is 2.15. The standard InChI is InChI=1S/C12H10FN5O/c1-7-6-10-16-17-12(19)18(10)11(14-7)15-9-4-2-8(13)3-5-9/h2-6H,1H3,(H,14,15)(H,17,19). The lowest BCUT2D eigenvalue weighted by Crippen LogP contribution is -2.14. The highest BCUT2D eigenvalue weighted by Gasteiger charge is 2.08. The van der Waals surface area contributed by atoms with E-state index in [2.05, 4.69) is 20.5 Å². The van der Waals surface area contributed by atoms with E-state index in [0.29, 0.717) is 17.3 Å². The summed E-state index contributed by atoms with van der Waals surface area (Å²) in [5.74, 6) is 0.00809. The number of halogens is 1. The van der Waals surface area contributed by atoms with Crippen LogP contribution in [0.15, 0.2) is 35.1 Å². The van der Waals surface area contributed by atoms with Crippen LogP contribution in [0.1, 0.15) is 5.69 Å². The molecule has 0 saturated carbocycles. The number of fused-ring (bicyclic) bond motifs is 1. The van der Waals surface area contributed by atoms with Crippen molar-refractivity contribution in [3.05, 3.63) is 52.3 Å². The third-order valence-electron chi connectivity index (χ3n) is 2.63. The lowest BCUT2D eigenvalue weighted by Gasteiger charge is -2.07. The van der Waals surface area contributed by atoms with Gasteiger partial charge in [0, 0.05) is 17.4 Å². The molecule has 0 aliphatic heterocycles. The molecule has 0 atom stereocenters. The quantitative estimate of drug-likeness (QED) is 0.733. The van der Waals surface area contributed by atoms with Gasteiger partial charge in [-0.05, 0) is 31.2 Å². The molecule has 7 heteroatoms. The average molecular weight is 259 g/mol. The van der Waals surface area contributed by atoms with Crippen molar-refractivity contribution in [2.45, 2.75) is 6.92 Å². The van der Waals surface area contributed by atoms with E-state index in [9.17, 15) is 9.18 Å². The van der Waals surface area contributed by atoms with Crippen LogP contribution in [0, 0.1) is 12.7 Å². The van der Waals surface area contributed by atoms with E-state index in [-0.39, 0.29) is 11.5 Å². The minimum absolute atomic E-state index is 0.326. The molecular weight excluding hydrogens is 249 g/mol. The molecule has 2 N–H and O–H groups in total. The fraction of sp³-hybridized carbons (Fsp3) is 0.0833. The Hall–Kier alpha value is -2.70. The Morgan fingerprint density at radius 3 is 2.79 bits per heavy atom.